The first kappa shape index (κ1) is 22.2. The molecule has 1 aliphatic heterocycles. The SMILES string of the molecule is CC[C@@H](C(=O)N1CCC[C@@H]1C(=O)NCCc1csc(-c2ccccc2)n1)c1ccccc1. The van der Waals surface area contributed by atoms with Crippen LogP contribution in [0.2, 0.25) is 0 Å². The van der Waals surface area contributed by atoms with Gasteiger partial charge in [-0.05, 0) is 24.8 Å². The molecular formula is C26H29N3O2S. The third-order valence-corrected chi connectivity index (χ3v) is 6.94. The average molecular weight is 448 g/mol. The van der Waals surface area contributed by atoms with Crippen molar-refractivity contribution in [1.82, 2.24) is 15.2 Å². The van der Waals surface area contributed by atoms with Crippen LogP contribution in [0.15, 0.2) is 66.0 Å². The van der Waals surface area contributed by atoms with Gasteiger partial charge >= 0.3 is 0 Å². The van der Waals surface area contributed by atoms with Gasteiger partial charge in [-0.15, -0.1) is 11.3 Å². The van der Waals surface area contributed by atoms with Gasteiger partial charge in [-0.25, -0.2) is 4.98 Å². The molecule has 2 aromatic carbocycles. The molecule has 166 valence electrons. The fraction of sp³-hybridized carbons (Fsp3) is 0.346. The van der Waals surface area contributed by atoms with Gasteiger partial charge < -0.3 is 10.2 Å². The molecule has 1 N–H and O–H groups in total. The van der Waals surface area contributed by atoms with Crippen molar-refractivity contribution in [2.45, 2.75) is 44.6 Å². The fourth-order valence-electron chi connectivity index (χ4n) is 4.31. The molecule has 2 atom stereocenters. The molecule has 5 nitrogen and oxygen atoms in total. The molecule has 3 aromatic rings. The number of nitrogens with zero attached hydrogens (tertiary/aromatic N) is 2. The first-order valence-electron chi connectivity index (χ1n) is 11.3. The van der Waals surface area contributed by atoms with Crippen LogP contribution >= 0.6 is 11.3 Å². The summed E-state index contributed by atoms with van der Waals surface area (Å²) in [5, 5.41) is 6.07. The summed E-state index contributed by atoms with van der Waals surface area (Å²) >= 11 is 1.62. The number of hydrogen-bond acceptors (Lipinski definition) is 4. The van der Waals surface area contributed by atoms with E-state index in [1.807, 2.05) is 60.8 Å². The van der Waals surface area contributed by atoms with E-state index in [-0.39, 0.29) is 23.8 Å². The molecule has 0 unspecified atom stereocenters. The van der Waals surface area contributed by atoms with Gasteiger partial charge in [0.2, 0.25) is 11.8 Å². The Kier molecular flexibility index (Phi) is 7.32. The van der Waals surface area contributed by atoms with Crippen molar-refractivity contribution < 1.29 is 9.59 Å². The molecule has 1 fully saturated rings. The van der Waals surface area contributed by atoms with Crippen LogP contribution in [0, 0.1) is 0 Å². The monoisotopic (exact) mass is 447 g/mol. The van der Waals surface area contributed by atoms with E-state index in [1.165, 1.54) is 0 Å². The Morgan fingerprint density at radius 3 is 2.56 bits per heavy atom. The van der Waals surface area contributed by atoms with E-state index in [4.69, 9.17) is 0 Å². The maximum atomic E-state index is 13.3. The number of amides is 2. The van der Waals surface area contributed by atoms with Crippen molar-refractivity contribution in [3.8, 4) is 10.6 Å². The third kappa shape index (κ3) is 5.07. The molecule has 1 aromatic heterocycles. The molecule has 6 heteroatoms. The van der Waals surface area contributed by atoms with Crippen LogP contribution < -0.4 is 5.32 Å². The molecule has 0 bridgehead atoms. The summed E-state index contributed by atoms with van der Waals surface area (Å²) < 4.78 is 0. The van der Waals surface area contributed by atoms with Crippen LogP contribution in [0.4, 0.5) is 0 Å². The van der Waals surface area contributed by atoms with Crippen molar-refractivity contribution in [1.29, 1.82) is 0 Å². The third-order valence-electron chi connectivity index (χ3n) is 6.00. The first-order chi connectivity index (χ1) is 15.7. The minimum absolute atomic E-state index is 0.0581. The van der Waals surface area contributed by atoms with E-state index in [0.717, 1.165) is 41.1 Å². The van der Waals surface area contributed by atoms with E-state index >= 15 is 0 Å². The summed E-state index contributed by atoms with van der Waals surface area (Å²) in [7, 11) is 0. The van der Waals surface area contributed by atoms with E-state index < -0.39 is 0 Å². The Hall–Kier alpha value is -2.99. The molecule has 1 saturated heterocycles. The first-order valence-corrected chi connectivity index (χ1v) is 12.2. The largest absolute Gasteiger partial charge is 0.354 e. The molecule has 0 spiro atoms. The Labute approximate surface area is 193 Å². The Morgan fingerprint density at radius 1 is 1.12 bits per heavy atom. The Bertz CT molecular complexity index is 1040. The second-order valence-corrected chi connectivity index (χ2v) is 8.97. The van der Waals surface area contributed by atoms with E-state index in [2.05, 4.69) is 22.4 Å². The molecule has 4 rings (SSSR count). The lowest BCUT2D eigenvalue weighted by molar-refractivity contribution is -0.139. The van der Waals surface area contributed by atoms with Crippen molar-refractivity contribution in [3.05, 3.63) is 77.3 Å². The highest BCUT2D eigenvalue weighted by atomic mass is 32.1. The second-order valence-electron chi connectivity index (χ2n) is 8.11. The van der Waals surface area contributed by atoms with Crippen LogP contribution in [-0.4, -0.2) is 40.8 Å². The van der Waals surface area contributed by atoms with E-state index in [1.54, 1.807) is 16.2 Å². The summed E-state index contributed by atoms with van der Waals surface area (Å²) in [6, 6.07) is 19.6. The highest BCUT2D eigenvalue weighted by Crippen LogP contribution is 2.27. The number of benzene rings is 2. The molecule has 1 aliphatic rings. The molecule has 2 amide bonds. The van der Waals surface area contributed by atoms with Gasteiger partial charge in [-0.1, -0.05) is 67.6 Å². The van der Waals surface area contributed by atoms with Crippen LogP contribution in [0.25, 0.3) is 10.6 Å². The van der Waals surface area contributed by atoms with E-state index in [0.29, 0.717) is 19.5 Å². The minimum Gasteiger partial charge on any atom is -0.354 e. The number of carbonyl (C=O) groups excluding carboxylic acids is 2. The fourth-order valence-corrected chi connectivity index (χ4v) is 5.17. The van der Waals surface area contributed by atoms with Crippen molar-refractivity contribution in [2.75, 3.05) is 13.1 Å². The zero-order chi connectivity index (χ0) is 22.3. The van der Waals surface area contributed by atoms with E-state index in [9.17, 15) is 9.59 Å². The number of hydrogen-bond donors (Lipinski definition) is 1. The summed E-state index contributed by atoms with van der Waals surface area (Å²) in [5.74, 6) is -0.198. The summed E-state index contributed by atoms with van der Waals surface area (Å²) in [6.45, 7) is 3.19. The van der Waals surface area contributed by atoms with Crippen molar-refractivity contribution in [2.24, 2.45) is 0 Å². The summed E-state index contributed by atoms with van der Waals surface area (Å²) in [4.78, 5) is 32.6. The van der Waals surface area contributed by atoms with Gasteiger partial charge in [0.05, 0.1) is 11.6 Å². The normalized spacial score (nSPS) is 16.7. The lowest BCUT2D eigenvalue weighted by Crippen LogP contribution is -2.47. The quantitative estimate of drug-likeness (QED) is 0.547. The molecule has 0 aliphatic carbocycles. The molecule has 0 radical (unpaired) electrons. The lowest BCUT2D eigenvalue weighted by atomic mass is 9.94. The maximum Gasteiger partial charge on any atom is 0.242 e. The smallest absolute Gasteiger partial charge is 0.242 e. The van der Waals surface area contributed by atoms with Crippen LogP contribution in [0.3, 0.4) is 0 Å². The van der Waals surface area contributed by atoms with Crippen LogP contribution in [-0.2, 0) is 16.0 Å². The van der Waals surface area contributed by atoms with Gasteiger partial charge in [0, 0.05) is 30.5 Å². The minimum atomic E-state index is -0.379. The predicted octanol–water partition coefficient (Wildman–Crippen LogP) is 4.65. The van der Waals surface area contributed by atoms with Gasteiger partial charge in [-0.2, -0.15) is 0 Å². The second kappa shape index (κ2) is 10.6. The maximum absolute atomic E-state index is 13.3. The number of likely N-dealkylation sites (tertiary alicyclic amines) is 1. The number of nitrogens with one attached hydrogen (secondary N) is 1. The van der Waals surface area contributed by atoms with Gasteiger partial charge in [0.25, 0.3) is 0 Å². The number of thiazole rings is 1. The Morgan fingerprint density at radius 2 is 1.84 bits per heavy atom. The topological polar surface area (TPSA) is 62.3 Å². The Balaban J connectivity index is 1.33. The highest BCUT2D eigenvalue weighted by molar-refractivity contribution is 7.13. The predicted molar refractivity (Wildman–Crippen MR) is 128 cm³/mol. The van der Waals surface area contributed by atoms with Gasteiger partial charge in [0.1, 0.15) is 11.0 Å². The van der Waals surface area contributed by atoms with Crippen LogP contribution in [0.5, 0.6) is 0 Å². The summed E-state index contributed by atoms with van der Waals surface area (Å²) in [5.41, 5.74) is 3.10. The average Bonchev–Trinajstić information content (AvgIpc) is 3.51. The molecule has 32 heavy (non-hydrogen) atoms. The number of carbonyl (C=O) groups is 2. The van der Waals surface area contributed by atoms with Gasteiger partial charge in [-0.3, -0.25) is 9.59 Å². The van der Waals surface area contributed by atoms with Crippen LogP contribution in [0.1, 0.15) is 43.4 Å². The number of rotatable bonds is 8. The standard InChI is InChI=1S/C26H29N3O2S/c1-2-22(19-10-5-3-6-11-19)26(31)29-17-9-14-23(29)24(30)27-16-15-21-18-32-25(28-21)20-12-7-4-8-13-20/h3-8,10-13,18,22-23H,2,9,14-17H2,1H3,(H,27,30)/t22-,23-/m1/s1. The van der Waals surface area contributed by atoms with Crippen molar-refractivity contribution in [3.63, 3.8) is 0 Å². The molecule has 2 heterocycles. The highest BCUT2D eigenvalue weighted by Gasteiger charge is 2.36. The zero-order valence-corrected chi connectivity index (χ0v) is 19.2. The molecule has 0 saturated carbocycles. The zero-order valence-electron chi connectivity index (χ0n) is 18.4. The summed E-state index contributed by atoms with van der Waals surface area (Å²) in [6.07, 6.45) is 2.98. The lowest BCUT2D eigenvalue weighted by Gasteiger charge is -2.28. The van der Waals surface area contributed by atoms with Crippen molar-refractivity contribution >= 4 is 23.2 Å². The molecular weight excluding hydrogens is 418 g/mol. The van der Waals surface area contributed by atoms with Gasteiger partial charge in [0.15, 0.2) is 0 Å². The number of aromatic nitrogens is 1.